The molecule has 148 valence electrons. The molecular formula is C22H26N2O4. The molecule has 2 atom stereocenters. The van der Waals surface area contributed by atoms with Crippen LogP contribution in [-0.4, -0.2) is 54.4 Å². The summed E-state index contributed by atoms with van der Waals surface area (Å²) in [5.74, 6) is 1.65. The van der Waals surface area contributed by atoms with Gasteiger partial charge in [-0.15, -0.1) is 0 Å². The van der Waals surface area contributed by atoms with Crippen molar-refractivity contribution >= 4 is 11.8 Å². The number of rotatable bonds is 4. The van der Waals surface area contributed by atoms with Crippen molar-refractivity contribution in [3.8, 4) is 5.75 Å². The van der Waals surface area contributed by atoms with Crippen LogP contribution in [0.2, 0.25) is 0 Å². The molecule has 0 N–H and O–H groups in total. The molecule has 2 fully saturated rings. The number of fused-ring (bicyclic) bond motifs is 1. The van der Waals surface area contributed by atoms with Crippen LogP contribution in [0.3, 0.4) is 0 Å². The summed E-state index contributed by atoms with van der Waals surface area (Å²) in [5, 5.41) is 0. The van der Waals surface area contributed by atoms with Crippen molar-refractivity contribution in [2.24, 2.45) is 5.92 Å². The summed E-state index contributed by atoms with van der Waals surface area (Å²) in [7, 11) is 1.63. The number of amides is 2. The Balaban J connectivity index is 1.38. The van der Waals surface area contributed by atoms with Crippen LogP contribution >= 0.6 is 0 Å². The van der Waals surface area contributed by atoms with Crippen LogP contribution in [0.5, 0.6) is 5.75 Å². The molecule has 2 amide bonds. The zero-order valence-corrected chi connectivity index (χ0v) is 16.2. The first-order valence-corrected chi connectivity index (χ1v) is 9.91. The van der Waals surface area contributed by atoms with Crippen LogP contribution in [-0.2, 0) is 11.2 Å². The number of piperidine rings is 2. The van der Waals surface area contributed by atoms with Gasteiger partial charge in [-0.2, -0.15) is 0 Å². The third-order valence-corrected chi connectivity index (χ3v) is 5.93. The van der Waals surface area contributed by atoms with Gasteiger partial charge >= 0.3 is 0 Å². The van der Waals surface area contributed by atoms with Gasteiger partial charge in [-0.05, 0) is 55.0 Å². The Bertz CT molecular complexity index is 816. The number of benzene rings is 1. The number of ether oxygens (including phenoxy) is 1. The lowest BCUT2D eigenvalue weighted by atomic mass is 9.83. The number of nitrogens with zero attached hydrogens (tertiary/aromatic N) is 2. The molecule has 2 aliphatic heterocycles. The zero-order chi connectivity index (χ0) is 19.5. The largest absolute Gasteiger partial charge is 0.497 e. The van der Waals surface area contributed by atoms with Gasteiger partial charge in [-0.3, -0.25) is 9.59 Å². The molecule has 0 bridgehead atoms. The molecule has 6 heteroatoms. The van der Waals surface area contributed by atoms with Crippen LogP contribution in [0.25, 0.3) is 0 Å². The molecule has 2 aliphatic rings. The van der Waals surface area contributed by atoms with Crippen LogP contribution in [0.1, 0.15) is 35.4 Å². The van der Waals surface area contributed by atoms with Gasteiger partial charge in [-0.25, -0.2) is 0 Å². The molecule has 0 unspecified atom stereocenters. The van der Waals surface area contributed by atoms with E-state index in [0.717, 1.165) is 43.7 Å². The van der Waals surface area contributed by atoms with Gasteiger partial charge in [-0.1, -0.05) is 12.1 Å². The van der Waals surface area contributed by atoms with Crippen molar-refractivity contribution in [2.45, 2.75) is 31.7 Å². The summed E-state index contributed by atoms with van der Waals surface area (Å²) in [4.78, 5) is 29.5. The van der Waals surface area contributed by atoms with Crippen molar-refractivity contribution in [1.82, 2.24) is 9.80 Å². The van der Waals surface area contributed by atoms with Crippen molar-refractivity contribution in [3.05, 3.63) is 54.0 Å². The standard InChI is InChI=1S/C22H26N2O4/c1-27-18-8-6-16(7-9-18)14-21(25)23-12-10-19-17(15-23)4-2-11-24(19)22(26)20-5-3-13-28-20/h3,5-9,13,17,19H,2,4,10-12,14-15H2,1H3/t17-,19+/m0/s1. The average Bonchev–Trinajstić information content (AvgIpc) is 3.28. The smallest absolute Gasteiger partial charge is 0.289 e. The van der Waals surface area contributed by atoms with Gasteiger partial charge < -0.3 is 19.0 Å². The number of hydrogen-bond donors (Lipinski definition) is 0. The molecule has 28 heavy (non-hydrogen) atoms. The fourth-order valence-electron chi connectivity index (χ4n) is 4.45. The van der Waals surface area contributed by atoms with E-state index in [9.17, 15) is 9.59 Å². The van der Waals surface area contributed by atoms with E-state index in [1.165, 1.54) is 6.26 Å². The van der Waals surface area contributed by atoms with Crippen LogP contribution in [0, 0.1) is 5.92 Å². The summed E-state index contributed by atoms with van der Waals surface area (Å²) in [5.41, 5.74) is 0.992. The molecule has 2 saturated heterocycles. The molecule has 4 rings (SSSR count). The van der Waals surface area contributed by atoms with E-state index in [4.69, 9.17) is 9.15 Å². The predicted octanol–water partition coefficient (Wildman–Crippen LogP) is 2.98. The van der Waals surface area contributed by atoms with Crippen molar-refractivity contribution in [3.63, 3.8) is 0 Å². The van der Waals surface area contributed by atoms with Crippen LogP contribution in [0.4, 0.5) is 0 Å². The summed E-state index contributed by atoms with van der Waals surface area (Å²) < 4.78 is 10.5. The second-order valence-electron chi connectivity index (χ2n) is 7.60. The maximum absolute atomic E-state index is 12.8. The number of carbonyl (C=O) groups is 2. The molecule has 0 aliphatic carbocycles. The minimum Gasteiger partial charge on any atom is -0.497 e. The second kappa shape index (κ2) is 8.09. The minimum absolute atomic E-state index is 0.0299. The molecule has 2 aromatic rings. The molecule has 6 nitrogen and oxygen atoms in total. The molecular weight excluding hydrogens is 356 g/mol. The third-order valence-electron chi connectivity index (χ3n) is 5.93. The van der Waals surface area contributed by atoms with Gasteiger partial charge in [0, 0.05) is 25.7 Å². The number of furan rings is 1. The molecule has 0 radical (unpaired) electrons. The lowest BCUT2D eigenvalue weighted by molar-refractivity contribution is -0.133. The fraction of sp³-hybridized carbons (Fsp3) is 0.455. The van der Waals surface area contributed by atoms with Crippen LogP contribution in [0.15, 0.2) is 47.1 Å². The summed E-state index contributed by atoms with van der Waals surface area (Å²) >= 11 is 0. The molecule has 0 spiro atoms. The third kappa shape index (κ3) is 3.77. The molecule has 1 aromatic heterocycles. The summed E-state index contributed by atoms with van der Waals surface area (Å²) in [6.07, 6.45) is 4.78. The van der Waals surface area contributed by atoms with E-state index >= 15 is 0 Å². The van der Waals surface area contributed by atoms with Crippen molar-refractivity contribution in [2.75, 3.05) is 26.7 Å². The Kier molecular flexibility index (Phi) is 5.37. The molecule has 3 heterocycles. The van der Waals surface area contributed by atoms with E-state index in [-0.39, 0.29) is 17.9 Å². The van der Waals surface area contributed by atoms with E-state index in [1.807, 2.05) is 34.1 Å². The number of likely N-dealkylation sites (tertiary alicyclic amines) is 2. The highest BCUT2D eigenvalue weighted by atomic mass is 16.5. The Labute approximate surface area is 165 Å². The Hall–Kier alpha value is -2.76. The predicted molar refractivity (Wildman–Crippen MR) is 104 cm³/mol. The SMILES string of the molecule is COc1ccc(CC(=O)N2CC[C@@H]3[C@@H](CCCN3C(=O)c3ccco3)C2)cc1. The maximum atomic E-state index is 12.8. The van der Waals surface area contributed by atoms with Gasteiger partial charge in [0.25, 0.3) is 5.91 Å². The first-order chi connectivity index (χ1) is 13.7. The Morgan fingerprint density at radius 3 is 2.68 bits per heavy atom. The van der Waals surface area contributed by atoms with E-state index in [2.05, 4.69) is 0 Å². The van der Waals surface area contributed by atoms with Gasteiger partial charge in [0.2, 0.25) is 5.91 Å². The minimum atomic E-state index is -0.0299. The lowest BCUT2D eigenvalue weighted by Gasteiger charge is -2.47. The highest BCUT2D eigenvalue weighted by molar-refractivity contribution is 5.91. The van der Waals surface area contributed by atoms with Gasteiger partial charge in [0.1, 0.15) is 5.75 Å². The quantitative estimate of drug-likeness (QED) is 0.816. The first kappa shape index (κ1) is 18.6. The lowest BCUT2D eigenvalue weighted by Crippen LogP contribution is -2.56. The van der Waals surface area contributed by atoms with E-state index in [1.54, 1.807) is 19.2 Å². The highest BCUT2D eigenvalue weighted by Gasteiger charge is 2.39. The van der Waals surface area contributed by atoms with Crippen molar-refractivity contribution in [1.29, 1.82) is 0 Å². The first-order valence-electron chi connectivity index (χ1n) is 9.91. The van der Waals surface area contributed by atoms with Gasteiger partial charge in [0.05, 0.1) is 19.8 Å². The van der Waals surface area contributed by atoms with Crippen LogP contribution < -0.4 is 4.74 Å². The van der Waals surface area contributed by atoms with E-state index < -0.39 is 0 Å². The molecule has 0 saturated carbocycles. The molecule has 1 aromatic carbocycles. The number of hydrogen-bond acceptors (Lipinski definition) is 4. The number of carbonyl (C=O) groups excluding carboxylic acids is 2. The average molecular weight is 382 g/mol. The van der Waals surface area contributed by atoms with Crippen molar-refractivity contribution < 1.29 is 18.7 Å². The Morgan fingerprint density at radius 1 is 1.14 bits per heavy atom. The highest BCUT2D eigenvalue weighted by Crippen LogP contribution is 2.32. The zero-order valence-electron chi connectivity index (χ0n) is 16.2. The maximum Gasteiger partial charge on any atom is 0.289 e. The summed E-state index contributed by atoms with van der Waals surface area (Å²) in [6, 6.07) is 11.3. The van der Waals surface area contributed by atoms with Gasteiger partial charge in [0.15, 0.2) is 5.76 Å². The fourth-order valence-corrected chi connectivity index (χ4v) is 4.45. The second-order valence-corrected chi connectivity index (χ2v) is 7.60. The monoisotopic (exact) mass is 382 g/mol. The number of methoxy groups -OCH3 is 1. The van der Waals surface area contributed by atoms with E-state index in [0.29, 0.717) is 24.6 Å². The summed E-state index contributed by atoms with van der Waals surface area (Å²) in [6.45, 7) is 2.18. The normalized spacial score (nSPS) is 21.9. The Morgan fingerprint density at radius 2 is 1.96 bits per heavy atom. The topological polar surface area (TPSA) is 63.0 Å².